The van der Waals surface area contributed by atoms with E-state index in [2.05, 4.69) is 109 Å². The second kappa shape index (κ2) is 7.33. The van der Waals surface area contributed by atoms with Crippen molar-refractivity contribution in [2.45, 2.75) is 0 Å². The van der Waals surface area contributed by atoms with Gasteiger partial charge in [0.2, 0.25) is 0 Å². The molecule has 0 saturated heterocycles. The highest BCUT2D eigenvalue weighted by Gasteiger charge is 2.19. The van der Waals surface area contributed by atoms with Crippen LogP contribution in [0.1, 0.15) is 0 Å². The SMILES string of the molecule is c1ccc([SiH2]c2ccccc2)cc1.c1ccc2c(c1)-c1ccccc1-2. The van der Waals surface area contributed by atoms with Crippen LogP contribution in [0.15, 0.2) is 109 Å². The van der Waals surface area contributed by atoms with Gasteiger partial charge in [0, 0.05) is 0 Å². The molecule has 5 rings (SSSR count). The number of rotatable bonds is 2. The second-order valence-corrected chi connectivity index (χ2v) is 8.23. The topological polar surface area (TPSA) is 0 Å². The molecule has 4 aromatic rings. The zero-order valence-electron chi connectivity index (χ0n) is 14.1. The molecular weight excluding hydrogens is 316 g/mol. The lowest BCUT2D eigenvalue weighted by molar-refractivity contribution is 1.52. The molecule has 0 amide bonds. The van der Waals surface area contributed by atoms with Crippen LogP contribution < -0.4 is 10.4 Å². The Hall–Kier alpha value is -2.90. The van der Waals surface area contributed by atoms with Crippen LogP contribution in [0.4, 0.5) is 0 Å². The minimum atomic E-state index is -0.234. The Morgan fingerprint density at radius 2 is 0.600 bits per heavy atom. The fourth-order valence-corrected chi connectivity index (χ4v) is 4.76. The van der Waals surface area contributed by atoms with Crippen LogP contribution in [0.5, 0.6) is 0 Å². The van der Waals surface area contributed by atoms with E-state index in [1.165, 1.54) is 32.6 Å². The van der Waals surface area contributed by atoms with Crippen LogP contribution in [0, 0.1) is 0 Å². The van der Waals surface area contributed by atoms with Crippen molar-refractivity contribution in [3.8, 4) is 22.3 Å². The summed E-state index contributed by atoms with van der Waals surface area (Å²) in [6.45, 7) is 0. The Kier molecular flexibility index (Phi) is 4.58. The van der Waals surface area contributed by atoms with Crippen molar-refractivity contribution >= 4 is 19.9 Å². The van der Waals surface area contributed by atoms with Gasteiger partial charge in [0.25, 0.3) is 0 Å². The molecule has 0 radical (unpaired) electrons. The van der Waals surface area contributed by atoms with Crippen LogP contribution in [0.25, 0.3) is 22.3 Å². The smallest absolute Gasteiger partial charge is 0.0633 e. The third kappa shape index (κ3) is 3.47. The third-order valence-electron chi connectivity index (χ3n) is 4.53. The molecule has 0 aliphatic heterocycles. The van der Waals surface area contributed by atoms with E-state index in [0.29, 0.717) is 0 Å². The average Bonchev–Trinajstić information content (AvgIpc) is 2.68. The molecule has 120 valence electrons. The van der Waals surface area contributed by atoms with Crippen molar-refractivity contribution in [2.75, 3.05) is 0 Å². The lowest BCUT2D eigenvalue weighted by atomic mass is 9.81. The van der Waals surface area contributed by atoms with Gasteiger partial charge >= 0.3 is 0 Å². The highest BCUT2D eigenvalue weighted by Crippen LogP contribution is 2.46. The van der Waals surface area contributed by atoms with Crippen LogP contribution >= 0.6 is 0 Å². The van der Waals surface area contributed by atoms with E-state index >= 15 is 0 Å². The van der Waals surface area contributed by atoms with E-state index in [1.54, 1.807) is 0 Å². The Balaban J connectivity index is 0.000000126. The summed E-state index contributed by atoms with van der Waals surface area (Å²) >= 11 is 0. The first-order valence-corrected chi connectivity index (χ1v) is 10.1. The molecule has 0 saturated carbocycles. The zero-order valence-corrected chi connectivity index (χ0v) is 15.5. The molecular formula is C24H20Si. The first-order valence-electron chi connectivity index (χ1n) is 8.68. The predicted octanol–water partition coefficient (Wildman–Crippen LogP) is 4.14. The summed E-state index contributed by atoms with van der Waals surface area (Å²) in [6.07, 6.45) is 0. The van der Waals surface area contributed by atoms with Gasteiger partial charge in [-0.05, 0) is 22.3 Å². The van der Waals surface area contributed by atoms with Crippen molar-refractivity contribution in [3.63, 3.8) is 0 Å². The Morgan fingerprint density at radius 1 is 0.320 bits per heavy atom. The highest BCUT2D eigenvalue weighted by molar-refractivity contribution is 6.67. The Labute approximate surface area is 151 Å². The first kappa shape index (κ1) is 15.6. The predicted molar refractivity (Wildman–Crippen MR) is 112 cm³/mol. The molecule has 25 heavy (non-hydrogen) atoms. The second-order valence-electron chi connectivity index (χ2n) is 6.24. The molecule has 0 nitrogen and oxygen atoms in total. The highest BCUT2D eigenvalue weighted by atomic mass is 28.2. The number of hydrogen-bond donors (Lipinski definition) is 0. The largest absolute Gasteiger partial charge is 0.0875 e. The lowest BCUT2D eigenvalue weighted by Crippen LogP contribution is -2.26. The number of fused-ring (bicyclic) bond motifs is 4. The fourth-order valence-electron chi connectivity index (χ4n) is 3.27. The van der Waals surface area contributed by atoms with Gasteiger partial charge in [-0.1, -0.05) is 120 Å². The molecule has 1 heteroatoms. The van der Waals surface area contributed by atoms with Crippen LogP contribution in [-0.2, 0) is 0 Å². The molecule has 0 unspecified atom stereocenters. The van der Waals surface area contributed by atoms with Gasteiger partial charge < -0.3 is 0 Å². The third-order valence-corrected chi connectivity index (χ3v) is 6.29. The summed E-state index contributed by atoms with van der Waals surface area (Å²) in [5, 5.41) is 3.02. The molecule has 0 aromatic heterocycles. The average molecular weight is 337 g/mol. The van der Waals surface area contributed by atoms with Crippen molar-refractivity contribution in [1.29, 1.82) is 0 Å². The molecule has 0 heterocycles. The van der Waals surface area contributed by atoms with Gasteiger partial charge in [0.05, 0.1) is 9.52 Å². The minimum Gasteiger partial charge on any atom is -0.0633 e. The molecule has 0 fully saturated rings. The molecule has 1 aliphatic rings. The molecule has 0 spiro atoms. The van der Waals surface area contributed by atoms with E-state index in [9.17, 15) is 0 Å². The molecule has 0 atom stereocenters. The minimum absolute atomic E-state index is 0.234. The van der Waals surface area contributed by atoms with E-state index in [1.807, 2.05) is 0 Å². The summed E-state index contributed by atoms with van der Waals surface area (Å²) in [4.78, 5) is 0. The molecule has 0 bridgehead atoms. The van der Waals surface area contributed by atoms with Gasteiger partial charge in [-0.2, -0.15) is 0 Å². The van der Waals surface area contributed by atoms with Gasteiger partial charge in [-0.3, -0.25) is 0 Å². The standard InChI is InChI=1S/C12H12Si.C12H8/c1-3-7-11(8-4-1)13-12-9-5-2-6-10-12;1-2-6-10-9(5-1)11-7-3-4-8-12(10)11/h1-10H,13H2;1-8H. The van der Waals surface area contributed by atoms with Crippen molar-refractivity contribution in [2.24, 2.45) is 0 Å². The van der Waals surface area contributed by atoms with Gasteiger partial charge in [0.1, 0.15) is 0 Å². The van der Waals surface area contributed by atoms with Crippen LogP contribution in [0.2, 0.25) is 0 Å². The maximum absolute atomic E-state index is 2.22. The normalized spacial score (nSPS) is 10.6. The maximum Gasteiger partial charge on any atom is 0.0875 e. The van der Waals surface area contributed by atoms with Crippen molar-refractivity contribution in [3.05, 3.63) is 109 Å². The maximum atomic E-state index is 2.22. The quantitative estimate of drug-likeness (QED) is 0.425. The molecule has 0 N–H and O–H groups in total. The van der Waals surface area contributed by atoms with E-state index in [0.717, 1.165) is 0 Å². The number of hydrogen-bond acceptors (Lipinski definition) is 0. The Bertz CT molecular complexity index is 822. The molecule has 4 aromatic carbocycles. The van der Waals surface area contributed by atoms with Crippen LogP contribution in [0.3, 0.4) is 0 Å². The summed E-state index contributed by atoms with van der Waals surface area (Å²) in [5.74, 6) is 0. The Morgan fingerprint density at radius 3 is 0.920 bits per heavy atom. The van der Waals surface area contributed by atoms with E-state index in [-0.39, 0.29) is 9.52 Å². The summed E-state index contributed by atoms with van der Waals surface area (Å²) < 4.78 is 0. The van der Waals surface area contributed by atoms with Gasteiger partial charge in [-0.15, -0.1) is 0 Å². The van der Waals surface area contributed by atoms with E-state index < -0.39 is 0 Å². The summed E-state index contributed by atoms with van der Waals surface area (Å²) in [7, 11) is -0.234. The van der Waals surface area contributed by atoms with Crippen molar-refractivity contribution in [1.82, 2.24) is 0 Å². The van der Waals surface area contributed by atoms with Gasteiger partial charge in [-0.25, -0.2) is 0 Å². The number of benzene rings is 4. The summed E-state index contributed by atoms with van der Waals surface area (Å²) in [6, 6.07) is 38.6. The van der Waals surface area contributed by atoms with E-state index in [4.69, 9.17) is 0 Å². The first-order chi connectivity index (χ1) is 12.4. The molecule has 1 aliphatic carbocycles. The zero-order chi connectivity index (χ0) is 16.9. The summed E-state index contributed by atoms with van der Waals surface area (Å²) in [5.41, 5.74) is 5.59. The fraction of sp³-hybridized carbons (Fsp3) is 0. The van der Waals surface area contributed by atoms with Crippen molar-refractivity contribution < 1.29 is 0 Å². The monoisotopic (exact) mass is 336 g/mol. The van der Waals surface area contributed by atoms with Gasteiger partial charge in [0.15, 0.2) is 0 Å². The lowest BCUT2D eigenvalue weighted by Gasteiger charge is -2.22. The van der Waals surface area contributed by atoms with Crippen LogP contribution in [-0.4, -0.2) is 9.52 Å².